The second-order valence-corrected chi connectivity index (χ2v) is 6.59. The van der Waals surface area contributed by atoms with Crippen molar-refractivity contribution in [3.05, 3.63) is 65.7 Å². The fourth-order valence-corrected chi connectivity index (χ4v) is 2.87. The number of hydrogen-bond donors (Lipinski definition) is 2. The van der Waals surface area contributed by atoms with Gasteiger partial charge in [-0.3, -0.25) is 14.4 Å². The van der Waals surface area contributed by atoms with Gasteiger partial charge in [0.15, 0.2) is 6.61 Å². The Hall–Kier alpha value is -3.15. The maximum absolute atomic E-state index is 12.6. The van der Waals surface area contributed by atoms with Crippen LogP contribution < -0.4 is 10.6 Å². The van der Waals surface area contributed by atoms with Gasteiger partial charge in [-0.25, -0.2) is 0 Å². The summed E-state index contributed by atoms with van der Waals surface area (Å²) < 4.78 is 5.28. The van der Waals surface area contributed by atoms with Crippen LogP contribution in [-0.2, 0) is 14.3 Å². The minimum atomic E-state index is -0.433. The quantitative estimate of drug-likeness (QED) is 0.686. The number of carbonyl (C=O) groups is 3. The maximum atomic E-state index is 12.6. The van der Waals surface area contributed by atoms with Crippen molar-refractivity contribution in [3.63, 3.8) is 0 Å². The van der Waals surface area contributed by atoms with Crippen LogP contribution in [0, 0.1) is 5.92 Å². The molecule has 0 heterocycles. The van der Waals surface area contributed by atoms with Crippen LogP contribution in [0.4, 0.5) is 5.69 Å². The van der Waals surface area contributed by atoms with Crippen LogP contribution in [0.2, 0.25) is 0 Å². The van der Waals surface area contributed by atoms with Crippen LogP contribution in [0.1, 0.15) is 42.1 Å². The van der Waals surface area contributed by atoms with E-state index < -0.39 is 17.8 Å². The van der Waals surface area contributed by atoms with Crippen molar-refractivity contribution < 1.29 is 19.1 Å². The van der Waals surface area contributed by atoms with E-state index in [-0.39, 0.29) is 18.4 Å². The zero-order chi connectivity index (χ0) is 20.5. The highest BCUT2D eigenvalue weighted by molar-refractivity contribution is 5.96. The summed E-state index contributed by atoms with van der Waals surface area (Å²) in [6.45, 7) is 3.64. The predicted octanol–water partition coefficient (Wildman–Crippen LogP) is 3.36. The minimum absolute atomic E-state index is 0.0928. The number of esters is 1. The molecule has 2 rings (SSSR count). The molecule has 0 spiro atoms. The Bertz CT molecular complexity index is 803. The summed E-state index contributed by atoms with van der Waals surface area (Å²) in [4.78, 5) is 36.3. The van der Waals surface area contributed by atoms with Gasteiger partial charge in [-0.15, -0.1) is 0 Å². The molecule has 2 atom stereocenters. The molecule has 2 aromatic rings. The second kappa shape index (κ2) is 10.3. The maximum Gasteiger partial charge on any atom is 0.314 e. The smallest absolute Gasteiger partial charge is 0.314 e. The van der Waals surface area contributed by atoms with E-state index in [0.717, 1.165) is 12.0 Å². The molecule has 0 aromatic heterocycles. The van der Waals surface area contributed by atoms with Crippen molar-refractivity contribution in [3.8, 4) is 0 Å². The lowest BCUT2D eigenvalue weighted by molar-refractivity contribution is -0.150. The molecule has 148 valence electrons. The first-order valence-electron chi connectivity index (χ1n) is 9.29. The van der Waals surface area contributed by atoms with Gasteiger partial charge in [0.1, 0.15) is 0 Å². The van der Waals surface area contributed by atoms with Gasteiger partial charge in [-0.2, -0.15) is 0 Å². The molecule has 0 aliphatic carbocycles. The Morgan fingerprint density at radius 1 is 1.00 bits per heavy atom. The first kappa shape index (κ1) is 21.2. The van der Waals surface area contributed by atoms with E-state index in [1.54, 1.807) is 31.3 Å². The zero-order valence-corrected chi connectivity index (χ0v) is 16.4. The van der Waals surface area contributed by atoms with Crippen LogP contribution >= 0.6 is 0 Å². The summed E-state index contributed by atoms with van der Waals surface area (Å²) >= 11 is 0. The van der Waals surface area contributed by atoms with Crippen molar-refractivity contribution in [1.82, 2.24) is 5.32 Å². The molecule has 6 nitrogen and oxygen atoms in total. The van der Waals surface area contributed by atoms with Crippen molar-refractivity contribution >= 4 is 23.5 Å². The molecule has 28 heavy (non-hydrogen) atoms. The van der Waals surface area contributed by atoms with Gasteiger partial charge in [0.2, 0.25) is 0 Å². The van der Waals surface area contributed by atoms with Gasteiger partial charge in [0.05, 0.1) is 5.92 Å². The lowest BCUT2D eigenvalue weighted by Gasteiger charge is -2.21. The summed E-state index contributed by atoms with van der Waals surface area (Å²) in [6.07, 6.45) is 0.818. The van der Waals surface area contributed by atoms with E-state index in [2.05, 4.69) is 10.6 Å². The molecular formula is C22H26N2O4. The minimum Gasteiger partial charge on any atom is -0.455 e. The molecule has 0 aliphatic heterocycles. The topological polar surface area (TPSA) is 84.5 Å². The molecule has 0 fully saturated rings. The first-order valence-corrected chi connectivity index (χ1v) is 9.29. The monoisotopic (exact) mass is 382 g/mol. The normalized spacial score (nSPS) is 12.5. The Morgan fingerprint density at radius 3 is 2.21 bits per heavy atom. The van der Waals surface area contributed by atoms with Crippen molar-refractivity contribution in [2.24, 2.45) is 5.92 Å². The summed E-state index contributed by atoms with van der Waals surface area (Å²) in [6, 6.07) is 15.9. The van der Waals surface area contributed by atoms with Gasteiger partial charge in [-0.1, -0.05) is 50.6 Å². The molecule has 0 bridgehead atoms. The molecular weight excluding hydrogens is 356 g/mol. The third kappa shape index (κ3) is 5.67. The van der Waals surface area contributed by atoms with Gasteiger partial charge in [0.25, 0.3) is 11.8 Å². The lowest BCUT2D eigenvalue weighted by atomic mass is 9.86. The molecule has 0 unspecified atom stereocenters. The predicted molar refractivity (Wildman–Crippen MR) is 108 cm³/mol. The summed E-state index contributed by atoms with van der Waals surface area (Å²) in [7, 11) is 1.55. The second-order valence-electron chi connectivity index (χ2n) is 6.59. The van der Waals surface area contributed by atoms with Crippen LogP contribution in [0.5, 0.6) is 0 Å². The van der Waals surface area contributed by atoms with Crippen molar-refractivity contribution in [1.29, 1.82) is 0 Å². The Morgan fingerprint density at radius 2 is 1.64 bits per heavy atom. The van der Waals surface area contributed by atoms with E-state index in [1.807, 2.05) is 44.2 Å². The summed E-state index contributed by atoms with van der Waals surface area (Å²) in [5.41, 5.74) is 1.90. The van der Waals surface area contributed by atoms with Gasteiger partial charge in [0, 0.05) is 18.3 Å². The van der Waals surface area contributed by atoms with Gasteiger partial charge >= 0.3 is 5.97 Å². The van der Waals surface area contributed by atoms with Crippen molar-refractivity contribution in [2.75, 3.05) is 19.0 Å². The zero-order valence-electron chi connectivity index (χ0n) is 16.4. The highest BCUT2D eigenvalue weighted by Crippen LogP contribution is 2.28. The Labute approximate surface area is 165 Å². The molecule has 2 N–H and O–H groups in total. The summed E-state index contributed by atoms with van der Waals surface area (Å²) in [5, 5.41) is 5.18. The van der Waals surface area contributed by atoms with E-state index in [1.165, 1.54) is 0 Å². The largest absolute Gasteiger partial charge is 0.455 e. The number of hydrogen-bond acceptors (Lipinski definition) is 4. The molecule has 2 amide bonds. The van der Waals surface area contributed by atoms with Gasteiger partial charge in [-0.05, 0) is 35.7 Å². The number of benzene rings is 2. The summed E-state index contributed by atoms with van der Waals surface area (Å²) in [5.74, 6) is -1.37. The Kier molecular flexibility index (Phi) is 7.75. The molecule has 2 aromatic carbocycles. The fraction of sp³-hybridized carbons (Fsp3) is 0.318. The van der Waals surface area contributed by atoms with Crippen LogP contribution in [0.15, 0.2) is 54.6 Å². The number of anilines is 1. The van der Waals surface area contributed by atoms with Crippen molar-refractivity contribution in [2.45, 2.75) is 26.2 Å². The molecule has 6 heteroatoms. The molecule has 0 saturated carbocycles. The fourth-order valence-electron chi connectivity index (χ4n) is 2.87. The third-order valence-electron chi connectivity index (χ3n) is 4.63. The highest BCUT2D eigenvalue weighted by atomic mass is 16.5. The van der Waals surface area contributed by atoms with Crippen LogP contribution in [0.3, 0.4) is 0 Å². The standard InChI is InChI=1S/C22H26N2O4/c1-4-15(2)20(16-8-6-5-7-9-16)22(27)28-14-19(25)24-18-12-10-17(11-13-18)21(26)23-3/h5-13,15,20H,4,14H2,1-3H3,(H,23,26)(H,24,25)/t15-,20-/m1/s1. The number of carbonyl (C=O) groups excluding carboxylic acids is 3. The molecule has 0 aliphatic rings. The number of nitrogens with one attached hydrogen (secondary N) is 2. The number of amides is 2. The third-order valence-corrected chi connectivity index (χ3v) is 4.63. The Balaban J connectivity index is 1.95. The first-order chi connectivity index (χ1) is 13.5. The van der Waals surface area contributed by atoms with E-state index >= 15 is 0 Å². The average molecular weight is 382 g/mol. The van der Waals surface area contributed by atoms with E-state index in [0.29, 0.717) is 11.3 Å². The SMILES string of the molecule is CC[C@@H](C)[C@@H](C(=O)OCC(=O)Nc1ccc(C(=O)NC)cc1)c1ccccc1. The number of rotatable bonds is 8. The van der Waals surface area contributed by atoms with Gasteiger partial charge < -0.3 is 15.4 Å². The average Bonchev–Trinajstić information content (AvgIpc) is 2.73. The molecule has 0 radical (unpaired) electrons. The number of ether oxygens (including phenoxy) is 1. The molecule has 0 saturated heterocycles. The van der Waals surface area contributed by atoms with Crippen LogP contribution in [0.25, 0.3) is 0 Å². The van der Waals surface area contributed by atoms with E-state index in [9.17, 15) is 14.4 Å². The lowest BCUT2D eigenvalue weighted by Crippen LogP contribution is -2.27. The van der Waals surface area contributed by atoms with Crippen LogP contribution in [-0.4, -0.2) is 31.4 Å². The van der Waals surface area contributed by atoms with E-state index in [4.69, 9.17) is 4.74 Å². The highest BCUT2D eigenvalue weighted by Gasteiger charge is 2.27.